The minimum Gasteiger partial charge on any atom is -0.611 e. The van der Waals surface area contributed by atoms with E-state index >= 15 is 0 Å². The third-order valence-corrected chi connectivity index (χ3v) is 5.78. The second-order valence-electron chi connectivity index (χ2n) is 5.45. The first-order valence-electron chi connectivity index (χ1n) is 7.36. The van der Waals surface area contributed by atoms with Crippen LogP contribution in [0, 0.1) is 0 Å². The van der Waals surface area contributed by atoms with Gasteiger partial charge in [0.25, 0.3) is 0 Å². The Morgan fingerprint density at radius 3 is 2.77 bits per heavy atom. The fourth-order valence-electron chi connectivity index (χ4n) is 3.10. The van der Waals surface area contributed by atoms with Crippen LogP contribution in [-0.4, -0.2) is 41.4 Å². The van der Waals surface area contributed by atoms with Gasteiger partial charge in [0.15, 0.2) is 4.90 Å². The van der Waals surface area contributed by atoms with Gasteiger partial charge < -0.3 is 14.2 Å². The maximum Gasteiger partial charge on any atom is 0.336 e. The van der Waals surface area contributed by atoms with E-state index < -0.39 is 11.2 Å². The summed E-state index contributed by atoms with van der Waals surface area (Å²) >= 11 is 5.02. The number of hydrogen-bond donors (Lipinski definition) is 0. The number of nitrogens with zero attached hydrogens (tertiary/aromatic N) is 1. The summed E-state index contributed by atoms with van der Waals surface area (Å²) in [4.78, 5) is 15.2. The molecule has 6 heteroatoms. The van der Waals surface area contributed by atoms with E-state index in [1.807, 2.05) is 12.1 Å². The van der Waals surface area contributed by atoms with Crippen molar-refractivity contribution in [1.29, 1.82) is 0 Å². The van der Waals surface area contributed by atoms with E-state index in [1.165, 1.54) is 7.11 Å². The van der Waals surface area contributed by atoms with Gasteiger partial charge in [-0.25, -0.2) is 4.79 Å². The van der Waals surface area contributed by atoms with Crippen molar-refractivity contribution in [1.82, 2.24) is 4.90 Å². The van der Waals surface area contributed by atoms with E-state index in [0.29, 0.717) is 22.8 Å². The van der Waals surface area contributed by atoms with Gasteiger partial charge in [-0.3, -0.25) is 0 Å². The molecule has 3 rings (SSSR count). The summed E-state index contributed by atoms with van der Waals surface area (Å²) in [5.74, 6) is 0.0860. The number of likely N-dealkylation sites (tertiary alicyclic amines) is 1. The molecular formula is C16H18ClNO3S. The van der Waals surface area contributed by atoms with E-state index in [4.69, 9.17) is 16.3 Å². The largest absolute Gasteiger partial charge is 0.611 e. The molecule has 0 aliphatic carbocycles. The maximum absolute atomic E-state index is 12.5. The molecule has 0 amide bonds. The van der Waals surface area contributed by atoms with Crippen molar-refractivity contribution in [3.8, 4) is 0 Å². The SMILES string of the molecule is COC(=O)C1=C(N2CCCC2)c2cc(Cl)ccc2[S+]([O-])CC1. The quantitative estimate of drug-likeness (QED) is 0.614. The first-order chi connectivity index (χ1) is 10.6. The summed E-state index contributed by atoms with van der Waals surface area (Å²) in [5.41, 5.74) is 2.28. The standard InChI is InChI=1S/C16H18ClNO3S/c1-21-16(19)12-6-9-22(20)14-5-4-11(17)10-13(14)15(12)18-7-2-3-8-18/h4-5,10H,2-3,6-9H2,1H3. The Morgan fingerprint density at radius 2 is 2.09 bits per heavy atom. The lowest BCUT2D eigenvalue weighted by molar-refractivity contribution is -0.136. The van der Waals surface area contributed by atoms with Gasteiger partial charge in [0.1, 0.15) is 5.75 Å². The first kappa shape index (κ1) is 15.7. The maximum atomic E-state index is 12.5. The second-order valence-corrected chi connectivity index (χ2v) is 7.43. The topological polar surface area (TPSA) is 52.6 Å². The first-order valence-corrected chi connectivity index (χ1v) is 9.06. The van der Waals surface area contributed by atoms with Gasteiger partial charge in [-0.1, -0.05) is 11.6 Å². The molecule has 1 unspecified atom stereocenters. The fourth-order valence-corrected chi connectivity index (χ4v) is 4.50. The normalized spacial score (nSPS) is 21.6. The molecule has 2 heterocycles. The summed E-state index contributed by atoms with van der Waals surface area (Å²) in [6.07, 6.45) is 2.64. The molecule has 2 aliphatic rings. The van der Waals surface area contributed by atoms with Gasteiger partial charge in [-0.2, -0.15) is 0 Å². The number of hydrogen-bond acceptors (Lipinski definition) is 4. The fraction of sp³-hybridized carbons (Fsp3) is 0.438. The molecule has 1 saturated heterocycles. The van der Waals surface area contributed by atoms with Crippen LogP contribution in [0.5, 0.6) is 0 Å². The minimum absolute atomic E-state index is 0.341. The highest BCUT2D eigenvalue weighted by molar-refractivity contribution is 7.91. The lowest BCUT2D eigenvalue weighted by Crippen LogP contribution is -2.22. The third kappa shape index (κ3) is 2.85. The molecule has 1 atom stereocenters. The van der Waals surface area contributed by atoms with E-state index in [1.54, 1.807) is 6.07 Å². The number of methoxy groups -OCH3 is 1. The van der Waals surface area contributed by atoms with Gasteiger partial charge >= 0.3 is 5.97 Å². The van der Waals surface area contributed by atoms with Gasteiger partial charge in [0, 0.05) is 24.5 Å². The van der Waals surface area contributed by atoms with Crippen molar-refractivity contribution in [3.63, 3.8) is 0 Å². The highest BCUT2D eigenvalue weighted by atomic mass is 35.5. The Morgan fingerprint density at radius 1 is 1.36 bits per heavy atom. The van der Waals surface area contributed by atoms with Crippen LogP contribution < -0.4 is 0 Å². The predicted octanol–water partition coefficient (Wildman–Crippen LogP) is 2.83. The lowest BCUT2D eigenvalue weighted by Gasteiger charge is -2.24. The van der Waals surface area contributed by atoms with Crippen molar-refractivity contribution in [2.24, 2.45) is 0 Å². The summed E-state index contributed by atoms with van der Waals surface area (Å²) in [5, 5.41) is 0.582. The summed E-state index contributed by atoms with van der Waals surface area (Å²) in [7, 11) is 1.39. The van der Waals surface area contributed by atoms with Crippen molar-refractivity contribution in [2.75, 3.05) is 26.0 Å². The predicted molar refractivity (Wildman–Crippen MR) is 87.1 cm³/mol. The average molecular weight is 340 g/mol. The number of carbonyl (C=O) groups is 1. The average Bonchev–Trinajstić information content (AvgIpc) is 2.99. The highest BCUT2D eigenvalue weighted by Gasteiger charge is 2.33. The summed E-state index contributed by atoms with van der Waals surface area (Å²) in [6, 6.07) is 5.38. The molecule has 22 heavy (non-hydrogen) atoms. The molecule has 0 radical (unpaired) electrons. The van der Waals surface area contributed by atoms with Gasteiger partial charge in [0.05, 0.1) is 23.9 Å². The number of benzene rings is 1. The Kier molecular flexibility index (Phi) is 4.66. The highest BCUT2D eigenvalue weighted by Crippen LogP contribution is 2.37. The van der Waals surface area contributed by atoms with E-state index in [2.05, 4.69) is 4.90 Å². The van der Waals surface area contributed by atoms with Crippen molar-refractivity contribution < 1.29 is 14.1 Å². The molecule has 0 bridgehead atoms. The van der Waals surface area contributed by atoms with Gasteiger partial charge in [-0.05, 0) is 42.2 Å². The third-order valence-electron chi connectivity index (χ3n) is 4.12. The molecule has 1 fully saturated rings. The number of rotatable bonds is 2. The number of ether oxygens (including phenoxy) is 1. The summed E-state index contributed by atoms with van der Waals surface area (Å²) in [6.45, 7) is 1.79. The van der Waals surface area contributed by atoms with Gasteiger partial charge in [-0.15, -0.1) is 0 Å². The molecule has 4 nitrogen and oxygen atoms in total. The van der Waals surface area contributed by atoms with Crippen LogP contribution in [0.3, 0.4) is 0 Å². The molecule has 0 saturated carbocycles. The molecule has 1 aromatic rings. The Labute approximate surface area is 138 Å². The van der Waals surface area contributed by atoms with Gasteiger partial charge in [0.2, 0.25) is 0 Å². The molecule has 0 aromatic heterocycles. The minimum atomic E-state index is -1.14. The zero-order valence-electron chi connectivity index (χ0n) is 12.4. The zero-order chi connectivity index (χ0) is 15.7. The number of esters is 1. The molecular weight excluding hydrogens is 322 g/mol. The molecule has 1 aromatic carbocycles. The zero-order valence-corrected chi connectivity index (χ0v) is 14.0. The van der Waals surface area contributed by atoms with Crippen LogP contribution in [0.4, 0.5) is 0 Å². The number of fused-ring (bicyclic) bond motifs is 1. The van der Waals surface area contributed by atoms with E-state index in [-0.39, 0.29) is 5.97 Å². The van der Waals surface area contributed by atoms with Crippen molar-refractivity contribution in [2.45, 2.75) is 24.2 Å². The molecule has 0 N–H and O–H groups in total. The van der Waals surface area contributed by atoms with Crippen LogP contribution in [0.1, 0.15) is 24.8 Å². The monoisotopic (exact) mass is 339 g/mol. The Balaban J connectivity index is 2.21. The van der Waals surface area contributed by atoms with Crippen LogP contribution in [0.15, 0.2) is 28.7 Å². The van der Waals surface area contributed by atoms with Crippen molar-refractivity contribution in [3.05, 3.63) is 34.4 Å². The second kappa shape index (κ2) is 6.52. The number of carbonyl (C=O) groups excluding carboxylic acids is 1. The van der Waals surface area contributed by atoms with Crippen molar-refractivity contribution >= 4 is 34.4 Å². The van der Waals surface area contributed by atoms with Crippen LogP contribution in [0.2, 0.25) is 5.02 Å². The van der Waals surface area contributed by atoms with Crippen LogP contribution in [0.25, 0.3) is 5.70 Å². The number of halogens is 1. The lowest BCUT2D eigenvalue weighted by atomic mass is 10.0. The Hall–Kier alpha value is -1.17. The Bertz CT molecular complexity index is 626. The smallest absolute Gasteiger partial charge is 0.336 e. The van der Waals surface area contributed by atoms with E-state index in [0.717, 1.165) is 42.1 Å². The van der Waals surface area contributed by atoms with E-state index in [9.17, 15) is 9.35 Å². The van der Waals surface area contributed by atoms with Crippen LogP contribution >= 0.6 is 11.6 Å². The summed E-state index contributed by atoms with van der Waals surface area (Å²) < 4.78 is 17.5. The van der Waals surface area contributed by atoms with Crippen LogP contribution in [-0.2, 0) is 20.7 Å². The molecule has 118 valence electrons. The molecule has 0 spiro atoms. The molecule has 2 aliphatic heterocycles.